The van der Waals surface area contributed by atoms with Gasteiger partial charge in [0.1, 0.15) is 11.1 Å². The van der Waals surface area contributed by atoms with E-state index in [-0.39, 0.29) is 5.56 Å². The second-order valence-corrected chi connectivity index (χ2v) is 10.1. The van der Waals surface area contributed by atoms with Crippen LogP contribution in [0, 0.1) is 6.92 Å². The van der Waals surface area contributed by atoms with Crippen molar-refractivity contribution >= 4 is 42.6 Å². The molecule has 1 atom stereocenters. The first-order valence-corrected chi connectivity index (χ1v) is 11.4. The van der Waals surface area contributed by atoms with Crippen molar-refractivity contribution in [1.29, 1.82) is 0 Å². The van der Waals surface area contributed by atoms with Crippen LogP contribution in [0.2, 0.25) is 5.02 Å². The first-order valence-electron chi connectivity index (χ1n) is 7.71. The quantitative estimate of drug-likeness (QED) is 0.617. The minimum Gasteiger partial charge on any atom is -0.301 e. The summed E-state index contributed by atoms with van der Waals surface area (Å²) in [6, 6.07) is 7.09. The summed E-state index contributed by atoms with van der Waals surface area (Å²) in [4.78, 5) is 0. The minimum atomic E-state index is -4.29. The summed E-state index contributed by atoms with van der Waals surface area (Å²) in [6.07, 6.45) is 1.72. The molecule has 0 aliphatic rings. The van der Waals surface area contributed by atoms with Gasteiger partial charge in [-0.25, -0.2) is 27.1 Å². The molecule has 0 bridgehead atoms. The first-order chi connectivity index (χ1) is 12.4. The van der Waals surface area contributed by atoms with Gasteiger partial charge in [0.15, 0.2) is 0 Å². The lowest BCUT2D eigenvalue weighted by Gasteiger charge is -2.17. The van der Waals surface area contributed by atoms with Crippen molar-refractivity contribution in [2.75, 3.05) is 5.75 Å². The Morgan fingerprint density at radius 3 is 2.44 bits per heavy atom. The molecule has 0 amide bonds. The highest BCUT2D eigenvalue weighted by Crippen LogP contribution is 2.33. The summed E-state index contributed by atoms with van der Waals surface area (Å²) < 4.78 is 50.8. The SMILES string of the molecule is Cc1nn(C)c(-n2ccc3ccc(Cl)cc32)c1C(CS(N)(=O)=O)S(N)(=O)=O. The number of fused-ring (bicyclic) bond motifs is 1. The molecular formula is C15H18ClN5O4S2. The first kappa shape index (κ1) is 19.8. The summed E-state index contributed by atoms with van der Waals surface area (Å²) in [7, 11) is -6.79. The van der Waals surface area contributed by atoms with Gasteiger partial charge in [-0.15, -0.1) is 0 Å². The van der Waals surface area contributed by atoms with E-state index in [0.717, 1.165) is 5.39 Å². The number of halogens is 1. The molecule has 0 radical (unpaired) electrons. The van der Waals surface area contributed by atoms with Gasteiger partial charge in [0.25, 0.3) is 0 Å². The highest BCUT2D eigenvalue weighted by Gasteiger charge is 2.35. The fraction of sp³-hybridized carbons (Fsp3) is 0.267. The predicted molar refractivity (Wildman–Crippen MR) is 104 cm³/mol. The molecule has 0 saturated carbocycles. The Morgan fingerprint density at radius 2 is 1.85 bits per heavy atom. The lowest BCUT2D eigenvalue weighted by Crippen LogP contribution is -2.32. The van der Waals surface area contributed by atoms with E-state index in [9.17, 15) is 16.8 Å². The molecular weight excluding hydrogens is 414 g/mol. The van der Waals surface area contributed by atoms with Crippen molar-refractivity contribution in [3.63, 3.8) is 0 Å². The fourth-order valence-corrected chi connectivity index (χ4v) is 5.85. The molecule has 2 heterocycles. The van der Waals surface area contributed by atoms with Crippen LogP contribution >= 0.6 is 11.6 Å². The molecule has 0 saturated heterocycles. The van der Waals surface area contributed by atoms with Crippen LogP contribution < -0.4 is 10.3 Å². The maximum absolute atomic E-state index is 12.2. The number of hydrogen-bond acceptors (Lipinski definition) is 5. The summed E-state index contributed by atoms with van der Waals surface area (Å²) in [5.74, 6) is -0.488. The van der Waals surface area contributed by atoms with Gasteiger partial charge in [-0.2, -0.15) is 5.10 Å². The van der Waals surface area contributed by atoms with Gasteiger partial charge in [-0.05, 0) is 25.1 Å². The second-order valence-electron chi connectivity index (χ2n) is 6.24. The smallest absolute Gasteiger partial charge is 0.217 e. The van der Waals surface area contributed by atoms with Gasteiger partial charge in [-0.1, -0.05) is 17.7 Å². The van der Waals surface area contributed by atoms with Crippen LogP contribution in [0.25, 0.3) is 16.7 Å². The van der Waals surface area contributed by atoms with Gasteiger partial charge >= 0.3 is 0 Å². The molecule has 4 N–H and O–H groups in total. The molecule has 9 nitrogen and oxygen atoms in total. The van der Waals surface area contributed by atoms with Crippen LogP contribution in [-0.4, -0.2) is 36.9 Å². The van der Waals surface area contributed by atoms with E-state index >= 15 is 0 Å². The minimum absolute atomic E-state index is 0.173. The number of primary sulfonamides is 2. The lowest BCUT2D eigenvalue weighted by atomic mass is 10.2. The molecule has 27 heavy (non-hydrogen) atoms. The average molecular weight is 432 g/mol. The number of nitrogens with two attached hydrogens (primary N) is 2. The van der Waals surface area contributed by atoms with E-state index in [1.54, 1.807) is 36.9 Å². The van der Waals surface area contributed by atoms with E-state index in [1.807, 2.05) is 12.1 Å². The molecule has 1 aromatic carbocycles. The summed E-state index contributed by atoms with van der Waals surface area (Å²) in [5, 5.41) is 14.5. The van der Waals surface area contributed by atoms with Crippen molar-refractivity contribution in [2.24, 2.45) is 17.3 Å². The number of hydrogen-bond donors (Lipinski definition) is 2. The van der Waals surface area contributed by atoms with Gasteiger partial charge < -0.3 is 4.57 Å². The van der Waals surface area contributed by atoms with Crippen LogP contribution in [0.1, 0.15) is 16.5 Å². The number of aromatic nitrogens is 3. The molecule has 146 valence electrons. The van der Waals surface area contributed by atoms with E-state index < -0.39 is 31.0 Å². The Labute approximate surface area is 161 Å². The number of benzene rings is 1. The molecule has 1 unspecified atom stereocenters. The molecule has 12 heteroatoms. The summed E-state index contributed by atoms with van der Waals surface area (Å²) in [6.45, 7) is 1.58. The largest absolute Gasteiger partial charge is 0.301 e. The van der Waals surface area contributed by atoms with Gasteiger partial charge in [-0.3, -0.25) is 4.68 Å². The Bertz CT molecular complexity index is 1240. The zero-order valence-electron chi connectivity index (χ0n) is 14.5. The van der Waals surface area contributed by atoms with Crippen LogP contribution in [0.3, 0.4) is 0 Å². The van der Waals surface area contributed by atoms with Gasteiger partial charge in [0.2, 0.25) is 20.0 Å². The van der Waals surface area contributed by atoms with Crippen molar-refractivity contribution in [2.45, 2.75) is 12.2 Å². The number of sulfonamides is 2. The molecule has 3 rings (SSSR count). The van der Waals surface area contributed by atoms with E-state index in [4.69, 9.17) is 21.9 Å². The third-order valence-corrected chi connectivity index (χ3v) is 6.66. The third-order valence-electron chi connectivity index (χ3n) is 4.22. The highest BCUT2D eigenvalue weighted by molar-refractivity contribution is 7.93. The molecule has 0 fully saturated rings. The molecule has 0 aliphatic carbocycles. The maximum atomic E-state index is 12.2. The van der Waals surface area contributed by atoms with Crippen LogP contribution in [0.4, 0.5) is 0 Å². The Balaban J connectivity index is 2.34. The topological polar surface area (TPSA) is 143 Å². The monoisotopic (exact) mass is 431 g/mol. The average Bonchev–Trinajstić information content (AvgIpc) is 3.02. The number of rotatable bonds is 5. The van der Waals surface area contributed by atoms with E-state index in [2.05, 4.69) is 5.10 Å². The predicted octanol–water partition coefficient (Wildman–Crippen LogP) is 0.944. The highest BCUT2D eigenvalue weighted by atomic mass is 35.5. The third kappa shape index (κ3) is 3.87. The number of aryl methyl sites for hydroxylation is 2. The summed E-state index contributed by atoms with van der Waals surface area (Å²) in [5.41, 5.74) is 1.21. The Hall–Kier alpha value is -1.92. The van der Waals surface area contributed by atoms with Crippen LogP contribution in [0.5, 0.6) is 0 Å². The van der Waals surface area contributed by atoms with Crippen molar-refractivity contribution in [1.82, 2.24) is 14.3 Å². The van der Waals surface area contributed by atoms with Crippen LogP contribution in [0.15, 0.2) is 30.5 Å². The molecule has 0 aliphatic heterocycles. The maximum Gasteiger partial charge on any atom is 0.217 e. The Kier molecular flexibility index (Phi) is 4.85. The normalized spacial score (nSPS) is 14.0. The van der Waals surface area contributed by atoms with E-state index in [1.165, 1.54) is 4.68 Å². The fourth-order valence-electron chi connectivity index (χ4n) is 3.16. The van der Waals surface area contributed by atoms with Gasteiger partial charge in [0, 0.05) is 29.2 Å². The standard InChI is InChI=1S/C15H18ClN5O4S2/c1-9-14(13(27(18,24)25)8-26(17,22)23)15(20(2)19-9)21-6-5-10-3-4-11(16)7-12(10)21/h3-7,13H,8H2,1-2H3,(H2,17,22,23)(H2,18,24,25). The van der Waals surface area contributed by atoms with Crippen molar-refractivity contribution in [3.05, 3.63) is 46.7 Å². The lowest BCUT2D eigenvalue weighted by molar-refractivity contribution is 0.577. The summed E-state index contributed by atoms with van der Waals surface area (Å²) >= 11 is 6.09. The zero-order valence-corrected chi connectivity index (χ0v) is 16.9. The number of nitrogens with zero attached hydrogens (tertiary/aromatic N) is 3. The van der Waals surface area contributed by atoms with Crippen LogP contribution in [-0.2, 0) is 27.1 Å². The molecule has 3 aromatic rings. The molecule has 2 aromatic heterocycles. The van der Waals surface area contributed by atoms with Crippen molar-refractivity contribution < 1.29 is 16.8 Å². The van der Waals surface area contributed by atoms with E-state index in [0.29, 0.717) is 22.1 Å². The zero-order chi connectivity index (χ0) is 20.1. The van der Waals surface area contributed by atoms with Crippen molar-refractivity contribution in [3.8, 4) is 5.82 Å². The van der Waals surface area contributed by atoms with Gasteiger partial charge in [0.05, 0.1) is 17.0 Å². The Morgan fingerprint density at radius 1 is 1.19 bits per heavy atom. The molecule has 0 spiro atoms. The second kappa shape index (κ2) is 6.60.